The summed E-state index contributed by atoms with van der Waals surface area (Å²) in [7, 11) is 0. The predicted molar refractivity (Wildman–Crippen MR) is 204 cm³/mol. The van der Waals surface area contributed by atoms with Crippen molar-refractivity contribution in [2.45, 2.75) is 25.7 Å². The number of nitrogens with zero attached hydrogens (tertiary/aromatic N) is 4. The van der Waals surface area contributed by atoms with E-state index in [4.69, 9.17) is 19.4 Å². The van der Waals surface area contributed by atoms with Crippen LogP contribution in [0.3, 0.4) is 0 Å². The minimum atomic E-state index is 0.603. The molecular weight excluding hydrogens is 613 g/mol. The first-order valence-corrected chi connectivity index (χ1v) is 17.3. The maximum atomic E-state index is 6.81. The summed E-state index contributed by atoms with van der Waals surface area (Å²) in [5.41, 5.74) is 10.6. The van der Waals surface area contributed by atoms with E-state index in [0.717, 1.165) is 56.3 Å². The minimum absolute atomic E-state index is 0.603. The molecule has 0 atom stereocenters. The summed E-state index contributed by atoms with van der Waals surface area (Å²) >= 11 is 0. The van der Waals surface area contributed by atoms with Crippen molar-refractivity contribution in [2.75, 3.05) is 0 Å². The van der Waals surface area contributed by atoms with Crippen LogP contribution in [0, 0.1) is 0 Å². The summed E-state index contributed by atoms with van der Waals surface area (Å²) < 4.78 is 9.18. The molecule has 0 saturated carbocycles. The maximum absolute atomic E-state index is 6.81. The summed E-state index contributed by atoms with van der Waals surface area (Å²) in [5.74, 6) is 1.87. The number of benzene rings is 6. The molecule has 10 rings (SSSR count). The standard InChI is InChI=1S/C45H32N4O/c1-4-13-29(14-5-1)32-24-26-39-37(27-32)34-19-10-11-21-38(34)49(39)40-22-12-20-36-35-25-23-33(28-41(35)50-42(36)40)45-47-43(30-15-6-2-7-16-30)46-44(48-45)31-17-8-3-9-18-31/h2-3,6-13,15-28H,1,4-5,14H2. The molecule has 3 heterocycles. The second-order valence-corrected chi connectivity index (χ2v) is 13.1. The highest BCUT2D eigenvalue weighted by atomic mass is 16.3. The molecule has 5 heteroatoms. The van der Waals surface area contributed by atoms with Gasteiger partial charge in [0.05, 0.1) is 16.7 Å². The predicted octanol–water partition coefficient (Wildman–Crippen LogP) is 11.8. The van der Waals surface area contributed by atoms with Crippen molar-refractivity contribution in [1.29, 1.82) is 0 Å². The van der Waals surface area contributed by atoms with Crippen molar-refractivity contribution in [1.82, 2.24) is 19.5 Å². The normalized spacial score (nSPS) is 13.4. The molecule has 0 bridgehead atoms. The molecule has 1 aliphatic rings. The van der Waals surface area contributed by atoms with Crippen LogP contribution in [0.4, 0.5) is 0 Å². The van der Waals surface area contributed by atoms with Crippen molar-refractivity contribution >= 4 is 49.3 Å². The molecule has 0 radical (unpaired) electrons. The number of rotatable bonds is 5. The molecule has 5 nitrogen and oxygen atoms in total. The topological polar surface area (TPSA) is 56.7 Å². The van der Waals surface area contributed by atoms with Gasteiger partial charge in [-0.1, -0.05) is 109 Å². The third kappa shape index (κ3) is 4.73. The van der Waals surface area contributed by atoms with E-state index < -0.39 is 0 Å². The molecule has 0 amide bonds. The molecule has 0 saturated heterocycles. The molecule has 50 heavy (non-hydrogen) atoms. The van der Waals surface area contributed by atoms with E-state index in [1.165, 1.54) is 46.7 Å². The van der Waals surface area contributed by atoms with E-state index in [0.29, 0.717) is 17.5 Å². The minimum Gasteiger partial charge on any atom is -0.454 e. The molecule has 0 aliphatic heterocycles. The molecule has 238 valence electrons. The molecule has 0 spiro atoms. The second-order valence-electron chi connectivity index (χ2n) is 13.1. The lowest BCUT2D eigenvalue weighted by molar-refractivity contribution is 0.666. The van der Waals surface area contributed by atoms with Crippen LogP contribution < -0.4 is 0 Å². The smallest absolute Gasteiger partial charge is 0.164 e. The summed E-state index contributed by atoms with van der Waals surface area (Å²) in [4.78, 5) is 14.8. The van der Waals surface area contributed by atoms with E-state index >= 15 is 0 Å². The monoisotopic (exact) mass is 644 g/mol. The third-order valence-corrected chi connectivity index (χ3v) is 10.0. The Morgan fingerprint density at radius 2 is 1.14 bits per heavy atom. The zero-order chi connectivity index (χ0) is 33.0. The van der Waals surface area contributed by atoms with Crippen molar-refractivity contribution in [2.24, 2.45) is 0 Å². The van der Waals surface area contributed by atoms with Crippen molar-refractivity contribution < 1.29 is 4.42 Å². The molecule has 0 fully saturated rings. The molecule has 9 aromatic rings. The largest absolute Gasteiger partial charge is 0.454 e. The van der Waals surface area contributed by atoms with Crippen LogP contribution in [0.15, 0.2) is 150 Å². The van der Waals surface area contributed by atoms with E-state index in [9.17, 15) is 0 Å². The summed E-state index contributed by atoms with van der Waals surface area (Å²) in [5, 5.41) is 4.63. The zero-order valence-corrected chi connectivity index (χ0v) is 27.4. The van der Waals surface area contributed by atoms with Gasteiger partial charge in [-0.15, -0.1) is 0 Å². The van der Waals surface area contributed by atoms with Crippen LogP contribution in [-0.2, 0) is 0 Å². The molecule has 0 N–H and O–H groups in total. The maximum Gasteiger partial charge on any atom is 0.164 e. The molecule has 1 aliphatic carbocycles. The highest BCUT2D eigenvalue weighted by molar-refractivity contribution is 6.13. The lowest BCUT2D eigenvalue weighted by Gasteiger charge is -2.13. The van der Waals surface area contributed by atoms with Gasteiger partial charge >= 0.3 is 0 Å². The molecular formula is C45H32N4O. The van der Waals surface area contributed by atoms with Gasteiger partial charge in [-0.2, -0.15) is 0 Å². The summed E-state index contributed by atoms with van der Waals surface area (Å²) in [6.45, 7) is 0. The van der Waals surface area contributed by atoms with Crippen LogP contribution in [0.25, 0.3) is 89.2 Å². The first kappa shape index (κ1) is 28.7. The highest BCUT2D eigenvalue weighted by Gasteiger charge is 2.20. The van der Waals surface area contributed by atoms with Gasteiger partial charge in [-0.3, -0.25) is 0 Å². The van der Waals surface area contributed by atoms with E-state index in [2.05, 4.69) is 89.5 Å². The first-order valence-electron chi connectivity index (χ1n) is 17.3. The third-order valence-electron chi connectivity index (χ3n) is 10.0. The Labute approximate surface area is 289 Å². The lowest BCUT2D eigenvalue weighted by Crippen LogP contribution is -2.00. The molecule has 3 aromatic heterocycles. The number of para-hydroxylation sites is 2. The number of furan rings is 1. The van der Waals surface area contributed by atoms with Crippen molar-refractivity contribution in [3.63, 3.8) is 0 Å². The van der Waals surface area contributed by atoms with Gasteiger partial charge in [0.2, 0.25) is 0 Å². The van der Waals surface area contributed by atoms with Crippen LogP contribution in [0.1, 0.15) is 31.2 Å². The van der Waals surface area contributed by atoms with Gasteiger partial charge in [0.15, 0.2) is 23.1 Å². The SMILES string of the molecule is C1=C(c2ccc3c(c2)c2ccccc2n3-c2cccc3c2oc2cc(-c4nc(-c5ccccc5)nc(-c5ccccc5)n4)ccc23)CCCC1. The molecule has 0 unspecified atom stereocenters. The van der Waals surface area contributed by atoms with Gasteiger partial charge in [0, 0.05) is 38.2 Å². The Kier molecular flexibility index (Phi) is 6.69. The number of allylic oxidation sites excluding steroid dienone is 2. The van der Waals surface area contributed by atoms with Gasteiger partial charge in [-0.25, -0.2) is 15.0 Å². The summed E-state index contributed by atoms with van der Waals surface area (Å²) in [6, 6.07) is 48.5. The van der Waals surface area contributed by atoms with Gasteiger partial charge in [-0.05, 0) is 73.2 Å². The number of aromatic nitrogens is 4. The first-order chi connectivity index (χ1) is 24.8. The fraction of sp³-hybridized carbons (Fsp3) is 0.0889. The Morgan fingerprint density at radius 1 is 0.480 bits per heavy atom. The lowest BCUT2D eigenvalue weighted by atomic mass is 9.93. The fourth-order valence-corrected chi connectivity index (χ4v) is 7.57. The van der Waals surface area contributed by atoms with Crippen LogP contribution in [-0.4, -0.2) is 19.5 Å². The Bertz CT molecular complexity index is 2700. The second kappa shape index (κ2) is 11.7. The summed E-state index contributed by atoms with van der Waals surface area (Å²) in [6.07, 6.45) is 7.29. The zero-order valence-electron chi connectivity index (χ0n) is 27.4. The quantitative estimate of drug-likeness (QED) is 0.187. The highest BCUT2D eigenvalue weighted by Crippen LogP contribution is 2.40. The number of hydrogen-bond donors (Lipinski definition) is 0. The van der Waals surface area contributed by atoms with Crippen LogP contribution in [0.2, 0.25) is 0 Å². The van der Waals surface area contributed by atoms with E-state index in [1.54, 1.807) is 0 Å². The Hall–Kier alpha value is -6.33. The number of hydrogen-bond acceptors (Lipinski definition) is 4. The van der Waals surface area contributed by atoms with Gasteiger partial charge in [0.1, 0.15) is 5.58 Å². The van der Waals surface area contributed by atoms with Crippen LogP contribution in [0.5, 0.6) is 0 Å². The Morgan fingerprint density at radius 3 is 1.88 bits per heavy atom. The Balaban J connectivity index is 1.14. The number of fused-ring (bicyclic) bond motifs is 6. The van der Waals surface area contributed by atoms with Crippen LogP contribution >= 0.6 is 0 Å². The van der Waals surface area contributed by atoms with Gasteiger partial charge < -0.3 is 8.98 Å². The average Bonchev–Trinajstić information content (AvgIpc) is 3.74. The van der Waals surface area contributed by atoms with Crippen molar-refractivity contribution in [3.8, 4) is 39.9 Å². The molecule has 6 aromatic carbocycles. The van der Waals surface area contributed by atoms with Gasteiger partial charge in [0.25, 0.3) is 0 Å². The van der Waals surface area contributed by atoms with E-state index in [-0.39, 0.29) is 0 Å². The average molecular weight is 645 g/mol. The van der Waals surface area contributed by atoms with E-state index in [1.807, 2.05) is 60.7 Å². The fourth-order valence-electron chi connectivity index (χ4n) is 7.57. The van der Waals surface area contributed by atoms with Crippen molar-refractivity contribution in [3.05, 3.63) is 151 Å².